The standard InChI is InChI=1S/C20H25N3O/c1-2-19-16-22(15-18-10-6-7-12-21-18)13-11-20(24)23(19)14-17-8-4-3-5-9-17/h3-10,12,19H,2,11,13-16H2,1H3. The van der Waals surface area contributed by atoms with Crippen molar-refractivity contribution < 1.29 is 4.79 Å². The molecule has 2 aromatic rings. The van der Waals surface area contributed by atoms with Crippen molar-refractivity contribution in [3.63, 3.8) is 0 Å². The minimum Gasteiger partial charge on any atom is -0.334 e. The van der Waals surface area contributed by atoms with E-state index < -0.39 is 0 Å². The van der Waals surface area contributed by atoms with Gasteiger partial charge in [0.1, 0.15) is 0 Å². The molecule has 24 heavy (non-hydrogen) atoms. The van der Waals surface area contributed by atoms with E-state index >= 15 is 0 Å². The maximum absolute atomic E-state index is 12.7. The van der Waals surface area contributed by atoms with Crippen LogP contribution in [0.2, 0.25) is 0 Å². The molecule has 1 aliphatic rings. The number of benzene rings is 1. The first-order valence-corrected chi connectivity index (χ1v) is 8.72. The van der Waals surface area contributed by atoms with Crippen molar-refractivity contribution >= 4 is 5.91 Å². The van der Waals surface area contributed by atoms with Gasteiger partial charge in [-0.25, -0.2) is 0 Å². The predicted molar refractivity (Wildman–Crippen MR) is 95.2 cm³/mol. The molecule has 0 bridgehead atoms. The number of carbonyl (C=O) groups is 1. The lowest BCUT2D eigenvalue weighted by atomic mass is 10.1. The summed E-state index contributed by atoms with van der Waals surface area (Å²) in [5.41, 5.74) is 2.26. The summed E-state index contributed by atoms with van der Waals surface area (Å²) in [5.74, 6) is 0.259. The average molecular weight is 323 g/mol. The van der Waals surface area contributed by atoms with Gasteiger partial charge in [0.05, 0.1) is 5.69 Å². The average Bonchev–Trinajstić information content (AvgIpc) is 2.77. The van der Waals surface area contributed by atoms with E-state index in [-0.39, 0.29) is 11.9 Å². The smallest absolute Gasteiger partial charge is 0.224 e. The molecular weight excluding hydrogens is 298 g/mol. The topological polar surface area (TPSA) is 36.4 Å². The first kappa shape index (κ1) is 16.7. The Balaban J connectivity index is 1.71. The van der Waals surface area contributed by atoms with Crippen LogP contribution in [0.25, 0.3) is 0 Å². The Morgan fingerprint density at radius 3 is 2.58 bits per heavy atom. The van der Waals surface area contributed by atoms with Crippen molar-refractivity contribution in [1.29, 1.82) is 0 Å². The third-order valence-electron chi connectivity index (χ3n) is 4.65. The van der Waals surface area contributed by atoms with Gasteiger partial charge in [0, 0.05) is 44.8 Å². The van der Waals surface area contributed by atoms with Crippen LogP contribution >= 0.6 is 0 Å². The van der Waals surface area contributed by atoms with Gasteiger partial charge in [-0.1, -0.05) is 43.3 Å². The predicted octanol–water partition coefficient (Wildman–Crippen LogP) is 3.09. The highest BCUT2D eigenvalue weighted by Gasteiger charge is 2.28. The number of pyridine rings is 1. The molecule has 126 valence electrons. The summed E-state index contributed by atoms with van der Waals surface area (Å²) in [6, 6.07) is 16.5. The Kier molecular flexibility index (Phi) is 5.59. The van der Waals surface area contributed by atoms with E-state index in [1.165, 1.54) is 5.56 Å². The van der Waals surface area contributed by atoms with E-state index in [0.717, 1.165) is 31.7 Å². The molecule has 0 spiro atoms. The molecule has 1 amide bonds. The summed E-state index contributed by atoms with van der Waals surface area (Å²) in [6.45, 7) is 5.39. The van der Waals surface area contributed by atoms with Crippen molar-refractivity contribution in [2.24, 2.45) is 0 Å². The van der Waals surface area contributed by atoms with E-state index in [0.29, 0.717) is 13.0 Å². The van der Waals surface area contributed by atoms with E-state index in [4.69, 9.17) is 0 Å². The molecule has 0 saturated carbocycles. The van der Waals surface area contributed by atoms with Crippen LogP contribution in [0.5, 0.6) is 0 Å². The molecule has 4 heteroatoms. The monoisotopic (exact) mass is 323 g/mol. The van der Waals surface area contributed by atoms with Gasteiger partial charge in [-0.2, -0.15) is 0 Å². The van der Waals surface area contributed by atoms with Gasteiger partial charge in [-0.05, 0) is 24.1 Å². The molecule has 1 aliphatic heterocycles. The summed E-state index contributed by atoms with van der Waals surface area (Å²) in [5, 5.41) is 0. The highest BCUT2D eigenvalue weighted by atomic mass is 16.2. The number of carbonyl (C=O) groups excluding carboxylic acids is 1. The summed E-state index contributed by atoms with van der Waals surface area (Å²) >= 11 is 0. The second-order valence-corrected chi connectivity index (χ2v) is 6.38. The SMILES string of the molecule is CCC1CN(Cc2ccccn2)CCC(=O)N1Cc1ccccc1. The van der Waals surface area contributed by atoms with E-state index in [1.54, 1.807) is 0 Å². The molecule has 4 nitrogen and oxygen atoms in total. The molecule has 1 aromatic heterocycles. The summed E-state index contributed by atoms with van der Waals surface area (Å²) in [6.07, 6.45) is 3.38. The van der Waals surface area contributed by atoms with Crippen molar-refractivity contribution in [1.82, 2.24) is 14.8 Å². The van der Waals surface area contributed by atoms with E-state index in [1.807, 2.05) is 36.5 Å². The fraction of sp³-hybridized carbons (Fsp3) is 0.400. The first-order valence-electron chi connectivity index (χ1n) is 8.72. The molecule has 0 aliphatic carbocycles. The lowest BCUT2D eigenvalue weighted by Crippen LogP contribution is -2.42. The Morgan fingerprint density at radius 2 is 1.88 bits per heavy atom. The van der Waals surface area contributed by atoms with Crippen LogP contribution in [0.1, 0.15) is 31.0 Å². The number of hydrogen-bond acceptors (Lipinski definition) is 3. The number of aromatic nitrogens is 1. The number of amides is 1. The molecule has 2 heterocycles. The zero-order chi connectivity index (χ0) is 16.8. The zero-order valence-electron chi connectivity index (χ0n) is 14.3. The van der Waals surface area contributed by atoms with Gasteiger partial charge in [0.25, 0.3) is 0 Å². The number of hydrogen-bond donors (Lipinski definition) is 0. The fourth-order valence-corrected chi connectivity index (χ4v) is 3.30. The van der Waals surface area contributed by atoms with Crippen molar-refractivity contribution in [3.8, 4) is 0 Å². The maximum atomic E-state index is 12.7. The highest BCUT2D eigenvalue weighted by Crippen LogP contribution is 2.18. The summed E-state index contributed by atoms with van der Waals surface area (Å²) in [4.78, 5) is 21.5. The van der Waals surface area contributed by atoms with Crippen LogP contribution in [0.15, 0.2) is 54.7 Å². The summed E-state index contributed by atoms with van der Waals surface area (Å²) in [7, 11) is 0. The molecule has 1 atom stereocenters. The van der Waals surface area contributed by atoms with Gasteiger partial charge in [-0.15, -0.1) is 0 Å². The summed E-state index contributed by atoms with van der Waals surface area (Å²) < 4.78 is 0. The lowest BCUT2D eigenvalue weighted by Gasteiger charge is -2.31. The van der Waals surface area contributed by atoms with E-state index in [2.05, 4.69) is 39.9 Å². The highest BCUT2D eigenvalue weighted by molar-refractivity contribution is 5.77. The normalized spacial score (nSPS) is 19.3. The molecular formula is C20H25N3O. The molecule has 1 fully saturated rings. The largest absolute Gasteiger partial charge is 0.334 e. The van der Waals surface area contributed by atoms with Gasteiger partial charge < -0.3 is 4.90 Å². The molecule has 1 unspecified atom stereocenters. The second-order valence-electron chi connectivity index (χ2n) is 6.38. The molecule has 1 saturated heterocycles. The number of nitrogens with zero attached hydrogens (tertiary/aromatic N) is 3. The van der Waals surface area contributed by atoms with E-state index in [9.17, 15) is 4.79 Å². The van der Waals surface area contributed by atoms with Crippen molar-refractivity contribution in [3.05, 3.63) is 66.0 Å². The molecule has 1 aromatic carbocycles. The fourth-order valence-electron chi connectivity index (χ4n) is 3.30. The Hall–Kier alpha value is -2.20. The quantitative estimate of drug-likeness (QED) is 0.848. The van der Waals surface area contributed by atoms with Crippen LogP contribution in [-0.2, 0) is 17.9 Å². The van der Waals surface area contributed by atoms with Crippen LogP contribution < -0.4 is 0 Å². The Morgan fingerprint density at radius 1 is 1.08 bits per heavy atom. The lowest BCUT2D eigenvalue weighted by molar-refractivity contribution is -0.133. The Bertz CT molecular complexity index is 644. The maximum Gasteiger partial charge on any atom is 0.224 e. The zero-order valence-corrected chi connectivity index (χ0v) is 14.3. The van der Waals surface area contributed by atoms with Gasteiger partial charge in [0.2, 0.25) is 5.91 Å². The Labute approximate surface area is 144 Å². The van der Waals surface area contributed by atoms with Gasteiger partial charge >= 0.3 is 0 Å². The van der Waals surface area contributed by atoms with Crippen LogP contribution in [0.4, 0.5) is 0 Å². The van der Waals surface area contributed by atoms with Crippen molar-refractivity contribution in [2.45, 2.75) is 38.9 Å². The van der Waals surface area contributed by atoms with Crippen LogP contribution in [0, 0.1) is 0 Å². The van der Waals surface area contributed by atoms with Gasteiger partial charge in [0.15, 0.2) is 0 Å². The first-order chi connectivity index (χ1) is 11.8. The second kappa shape index (κ2) is 8.06. The third-order valence-corrected chi connectivity index (χ3v) is 4.65. The molecule has 0 N–H and O–H groups in total. The molecule has 3 rings (SSSR count). The number of rotatable bonds is 5. The van der Waals surface area contributed by atoms with Crippen molar-refractivity contribution in [2.75, 3.05) is 13.1 Å². The van der Waals surface area contributed by atoms with Gasteiger partial charge in [-0.3, -0.25) is 14.7 Å². The van der Waals surface area contributed by atoms with Crippen LogP contribution in [0.3, 0.4) is 0 Å². The third kappa shape index (κ3) is 4.20. The molecule has 0 radical (unpaired) electrons. The van der Waals surface area contributed by atoms with Crippen LogP contribution in [-0.4, -0.2) is 39.8 Å². The minimum atomic E-state index is 0.254. The minimum absolute atomic E-state index is 0.254.